The van der Waals surface area contributed by atoms with Crippen molar-refractivity contribution in [2.24, 2.45) is 0 Å². The molecule has 5 nitrogen and oxygen atoms in total. The van der Waals surface area contributed by atoms with Crippen molar-refractivity contribution in [3.8, 4) is 5.75 Å². The summed E-state index contributed by atoms with van der Waals surface area (Å²) in [5.74, 6) is -2.88. The average molecular weight is 485 g/mol. The van der Waals surface area contributed by atoms with Gasteiger partial charge in [0.2, 0.25) is 0 Å². The monoisotopic (exact) mass is 484 g/mol. The second-order valence-corrected chi connectivity index (χ2v) is 7.04. The van der Waals surface area contributed by atoms with Gasteiger partial charge in [-0.3, -0.25) is 9.59 Å². The number of halogens is 6. The number of alkyl halides is 3. The van der Waals surface area contributed by atoms with Crippen LogP contribution in [0.4, 0.5) is 33.3 Å². The highest BCUT2D eigenvalue weighted by atomic mass is 35.5. The largest absolute Gasteiger partial charge is 0.484 e. The SMILES string of the molecule is O=C(COc1ccc(F)c(Cl)c1)Nc1ccc(NC(=O)c2ccc(F)cc2)cc1C(F)(F)F. The number of ether oxygens (including phenoxy) is 1. The number of carbonyl (C=O) groups excluding carboxylic acids is 2. The van der Waals surface area contributed by atoms with Gasteiger partial charge in [-0.2, -0.15) is 13.2 Å². The van der Waals surface area contributed by atoms with E-state index in [0.29, 0.717) is 6.07 Å². The summed E-state index contributed by atoms with van der Waals surface area (Å²) in [6.45, 7) is -0.664. The molecule has 2 N–H and O–H groups in total. The van der Waals surface area contributed by atoms with Crippen LogP contribution in [0.15, 0.2) is 60.7 Å². The molecule has 0 aliphatic rings. The van der Waals surface area contributed by atoms with E-state index in [1.165, 1.54) is 18.2 Å². The van der Waals surface area contributed by atoms with E-state index in [0.717, 1.165) is 36.4 Å². The molecule has 0 aromatic heterocycles. The first-order valence-corrected chi connectivity index (χ1v) is 9.56. The fourth-order valence-corrected chi connectivity index (χ4v) is 2.84. The van der Waals surface area contributed by atoms with E-state index in [4.69, 9.17) is 16.3 Å². The van der Waals surface area contributed by atoms with Gasteiger partial charge in [-0.25, -0.2) is 8.78 Å². The number of nitrogens with one attached hydrogen (secondary N) is 2. The van der Waals surface area contributed by atoms with Crippen LogP contribution in [-0.4, -0.2) is 18.4 Å². The zero-order chi connectivity index (χ0) is 24.2. The van der Waals surface area contributed by atoms with Gasteiger partial charge in [0, 0.05) is 17.3 Å². The molecule has 0 atom stereocenters. The molecule has 0 fully saturated rings. The lowest BCUT2D eigenvalue weighted by molar-refractivity contribution is -0.137. The van der Waals surface area contributed by atoms with Crippen molar-refractivity contribution < 1.29 is 36.3 Å². The molecule has 0 aliphatic carbocycles. The third-order valence-electron chi connectivity index (χ3n) is 4.22. The molecule has 3 aromatic carbocycles. The Labute approximate surface area is 189 Å². The van der Waals surface area contributed by atoms with Crippen molar-refractivity contribution in [1.82, 2.24) is 0 Å². The number of hydrogen-bond donors (Lipinski definition) is 2. The Morgan fingerprint density at radius 2 is 1.61 bits per heavy atom. The Kier molecular flexibility index (Phi) is 7.17. The lowest BCUT2D eigenvalue weighted by Crippen LogP contribution is -2.22. The van der Waals surface area contributed by atoms with Gasteiger partial charge in [0.25, 0.3) is 11.8 Å². The zero-order valence-electron chi connectivity index (χ0n) is 16.5. The van der Waals surface area contributed by atoms with Crippen LogP contribution in [-0.2, 0) is 11.0 Å². The average Bonchev–Trinajstić information content (AvgIpc) is 2.75. The van der Waals surface area contributed by atoms with Crippen LogP contribution in [0.2, 0.25) is 5.02 Å². The van der Waals surface area contributed by atoms with E-state index in [2.05, 4.69) is 10.6 Å². The molecule has 2 amide bonds. The lowest BCUT2D eigenvalue weighted by atomic mass is 10.1. The van der Waals surface area contributed by atoms with Crippen molar-refractivity contribution in [3.05, 3.63) is 88.4 Å². The summed E-state index contributed by atoms with van der Waals surface area (Å²) in [5, 5.41) is 4.13. The molecule has 3 aromatic rings. The molecule has 0 unspecified atom stereocenters. The first-order valence-electron chi connectivity index (χ1n) is 9.19. The van der Waals surface area contributed by atoms with Crippen LogP contribution in [0.1, 0.15) is 15.9 Å². The molecule has 0 spiro atoms. The number of benzene rings is 3. The fraction of sp³-hybridized carbons (Fsp3) is 0.0909. The van der Waals surface area contributed by atoms with Gasteiger partial charge in [-0.15, -0.1) is 0 Å². The molecule has 0 radical (unpaired) electrons. The standard InChI is InChI=1S/C22H14ClF5N2O3/c23-17-10-15(6-7-18(17)25)33-11-20(31)30-19-8-5-14(9-16(19)22(26,27)28)29-21(32)12-1-3-13(24)4-2-12/h1-10H,11H2,(H,29,32)(H,30,31). The first kappa shape index (κ1) is 24.0. The summed E-state index contributed by atoms with van der Waals surface area (Å²) in [4.78, 5) is 24.3. The zero-order valence-corrected chi connectivity index (χ0v) is 17.2. The topological polar surface area (TPSA) is 67.4 Å². The van der Waals surface area contributed by atoms with Gasteiger partial charge < -0.3 is 15.4 Å². The molecule has 0 saturated carbocycles. The highest BCUT2D eigenvalue weighted by Crippen LogP contribution is 2.36. The predicted molar refractivity (Wildman–Crippen MR) is 111 cm³/mol. The minimum absolute atomic E-state index is 0.0420. The van der Waals surface area contributed by atoms with E-state index >= 15 is 0 Å². The third-order valence-corrected chi connectivity index (χ3v) is 4.51. The van der Waals surface area contributed by atoms with Crippen LogP contribution in [0.25, 0.3) is 0 Å². The van der Waals surface area contributed by atoms with Gasteiger partial charge in [-0.1, -0.05) is 11.6 Å². The summed E-state index contributed by atoms with van der Waals surface area (Å²) >= 11 is 5.60. The number of carbonyl (C=O) groups is 2. The Morgan fingerprint density at radius 1 is 0.909 bits per heavy atom. The highest BCUT2D eigenvalue weighted by Gasteiger charge is 2.34. The Balaban J connectivity index is 1.72. The molecule has 172 valence electrons. The summed E-state index contributed by atoms with van der Waals surface area (Å²) < 4.78 is 71.8. The van der Waals surface area contributed by atoms with Crippen molar-refractivity contribution in [2.45, 2.75) is 6.18 Å². The second kappa shape index (κ2) is 9.86. The molecular formula is C22H14ClF5N2O3. The minimum Gasteiger partial charge on any atom is -0.484 e. The maximum absolute atomic E-state index is 13.5. The smallest absolute Gasteiger partial charge is 0.418 e. The molecular weight excluding hydrogens is 471 g/mol. The Bertz CT molecular complexity index is 1180. The van der Waals surface area contributed by atoms with Crippen molar-refractivity contribution in [1.29, 1.82) is 0 Å². The van der Waals surface area contributed by atoms with Crippen LogP contribution >= 0.6 is 11.6 Å². The third kappa shape index (κ3) is 6.42. The number of anilines is 2. The van der Waals surface area contributed by atoms with Gasteiger partial charge in [0.05, 0.1) is 16.3 Å². The van der Waals surface area contributed by atoms with Crippen molar-refractivity contribution in [2.75, 3.05) is 17.2 Å². The number of hydrogen-bond acceptors (Lipinski definition) is 3. The van der Waals surface area contributed by atoms with Gasteiger partial charge in [0.1, 0.15) is 17.4 Å². The highest BCUT2D eigenvalue weighted by molar-refractivity contribution is 6.30. The Morgan fingerprint density at radius 3 is 2.24 bits per heavy atom. The molecule has 0 aliphatic heterocycles. The summed E-state index contributed by atoms with van der Waals surface area (Å²) in [7, 11) is 0. The van der Waals surface area contributed by atoms with Gasteiger partial charge in [0.15, 0.2) is 6.61 Å². The molecule has 0 heterocycles. The van der Waals surface area contributed by atoms with E-state index in [-0.39, 0.29) is 22.0 Å². The summed E-state index contributed by atoms with van der Waals surface area (Å²) in [5.41, 5.74) is -1.92. The molecule has 0 saturated heterocycles. The number of amides is 2. The second-order valence-electron chi connectivity index (χ2n) is 6.63. The molecule has 3 rings (SSSR count). The first-order chi connectivity index (χ1) is 15.5. The maximum atomic E-state index is 13.5. The molecule has 33 heavy (non-hydrogen) atoms. The van der Waals surface area contributed by atoms with Crippen LogP contribution < -0.4 is 15.4 Å². The number of rotatable bonds is 6. The Hall–Kier alpha value is -3.66. The normalized spacial score (nSPS) is 11.1. The van der Waals surface area contributed by atoms with E-state index in [1.807, 2.05) is 0 Å². The van der Waals surface area contributed by atoms with Crippen LogP contribution in [0, 0.1) is 11.6 Å². The molecule has 0 bridgehead atoms. The quantitative estimate of drug-likeness (QED) is 0.428. The van der Waals surface area contributed by atoms with E-state index < -0.39 is 47.5 Å². The van der Waals surface area contributed by atoms with Crippen molar-refractivity contribution in [3.63, 3.8) is 0 Å². The van der Waals surface area contributed by atoms with E-state index in [9.17, 15) is 31.5 Å². The minimum atomic E-state index is -4.86. The molecule has 11 heteroatoms. The summed E-state index contributed by atoms with van der Waals surface area (Å²) in [6.07, 6.45) is -4.86. The van der Waals surface area contributed by atoms with Gasteiger partial charge >= 0.3 is 6.18 Å². The van der Waals surface area contributed by atoms with E-state index in [1.54, 1.807) is 0 Å². The van der Waals surface area contributed by atoms with Crippen LogP contribution in [0.5, 0.6) is 5.75 Å². The fourth-order valence-electron chi connectivity index (χ4n) is 2.67. The lowest BCUT2D eigenvalue weighted by Gasteiger charge is -2.16. The van der Waals surface area contributed by atoms with Crippen LogP contribution in [0.3, 0.4) is 0 Å². The van der Waals surface area contributed by atoms with Crippen molar-refractivity contribution >= 4 is 34.8 Å². The summed E-state index contributed by atoms with van der Waals surface area (Å²) in [6, 6.07) is 10.5. The maximum Gasteiger partial charge on any atom is 0.418 e. The van der Waals surface area contributed by atoms with Gasteiger partial charge in [-0.05, 0) is 54.6 Å². The predicted octanol–water partition coefficient (Wildman–Crippen LogP) is 5.91.